The predicted octanol–water partition coefficient (Wildman–Crippen LogP) is 0.459. The molecule has 0 saturated carbocycles. The van der Waals surface area contributed by atoms with Crippen LogP contribution in [0.15, 0.2) is 18.2 Å². The van der Waals surface area contributed by atoms with Crippen LogP contribution < -0.4 is 10.6 Å². The van der Waals surface area contributed by atoms with Crippen LogP contribution in [0.5, 0.6) is 11.5 Å². The number of amides is 2. The average Bonchev–Trinajstić information content (AvgIpc) is 2.30. The molecule has 0 aliphatic carbocycles. The van der Waals surface area contributed by atoms with E-state index >= 15 is 0 Å². The van der Waals surface area contributed by atoms with Gasteiger partial charge in [0, 0.05) is 45.4 Å². The molecular weight excluding hydrogens is 234 g/mol. The fourth-order valence-corrected chi connectivity index (χ4v) is 1.34. The van der Waals surface area contributed by atoms with Crippen molar-refractivity contribution in [2.75, 3.05) is 27.2 Å². The molecule has 0 radical (unpaired) electrons. The van der Waals surface area contributed by atoms with Crippen LogP contribution in [-0.4, -0.2) is 48.3 Å². The van der Waals surface area contributed by atoms with Crippen molar-refractivity contribution in [3.05, 3.63) is 23.8 Å². The number of phenols is 2. The number of nitrogens with zero attached hydrogens (tertiary/aromatic N) is 1. The SMILES string of the molecule is CN(C)C(=O)NCCNCc1ccc(O)cc1O. The molecule has 4 N–H and O–H groups in total. The minimum Gasteiger partial charge on any atom is -0.508 e. The highest BCUT2D eigenvalue weighted by atomic mass is 16.3. The van der Waals surface area contributed by atoms with Gasteiger partial charge in [-0.3, -0.25) is 0 Å². The number of nitrogens with one attached hydrogen (secondary N) is 2. The Bertz CT molecular complexity index is 408. The topological polar surface area (TPSA) is 84.8 Å². The van der Waals surface area contributed by atoms with E-state index in [2.05, 4.69) is 10.6 Å². The summed E-state index contributed by atoms with van der Waals surface area (Å²) in [4.78, 5) is 12.7. The van der Waals surface area contributed by atoms with Crippen LogP contribution >= 0.6 is 0 Å². The Kier molecular flexibility index (Phi) is 5.26. The second-order valence-electron chi connectivity index (χ2n) is 4.12. The molecule has 1 aromatic carbocycles. The molecule has 0 aliphatic rings. The monoisotopic (exact) mass is 253 g/mol. The second-order valence-corrected chi connectivity index (χ2v) is 4.12. The lowest BCUT2D eigenvalue weighted by atomic mass is 10.2. The second kappa shape index (κ2) is 6.70. The molecule has 100 valence electrons. The van der Waals surface area contributed by atoms with Gasteiger partial charge in [-0.25, -0.2) is 4.79 Å². The highest BCUT2D eigenvalue weighted by Crippen LogP contribution is 2.21. The van der Waals surface area contributed by atoms with Crippen molar-refractivity contribution in [3.8, 4) is 11.5 Å². The molecule has 0 heterocycles. The van der Waals surface area contributed by atoms with Gasteiger partial charge in [0.2, 0.25) is 0 Å². The van der Waals surface area contributed by atoms with Crippen molar-refractivity contribution in [1.82, 2.24) is 15.5 Å². The summed E-state index contributed by atoms with van der Waals surface area (Å²) < 4.78 is 0. The Morgan fingerprint density at radius 2 is 2.00 bits per heavy atom. The number of carbonyl (C=O) groups excluding carboxylic acids is 1. The Labute approximate surface area is 106 Å². The zero-order valence-corrected chi connectivity index (χ0v) is 10.6. The number of urea groups is 1. The number of phenolic OH excluding ortho intramolecular Hbond substituents is 2. The van der Waals surface area contributed by atoms with Gasteiger partial charge in [-0.1, -0.05) is 6.07 Å². The predicted molar refractivity (Wildman–Crippen MR) is 68.6 cm³/mol. The summed E-state index contributed by atoms with van der Waals surface area (Å²) in [7, 11) is 3.36. The molecule has 0 fully saturated rings. The average molecular weight is 253 g/mol. The third-order valence-corrected chi connectivity index (χ3v) is 2.37. The zero-order valence-electron chi connectivity index (χ0n) is 10.6. The summed E-state index contributed by atoms with van der Waals surface area (Å²) >= 11 is 0. The summed E-state index contributed by atoms with van der Waals surface area (Å²) in [5, 5.41) is 24.5. The fraction of sp³-hybridized carbons (Fsp3) is 0.417. The maximum Gasteiger partial charge on any atom is 0.316 e. The highest BCUT2D eigenvalue weighted by Gasteiger charge is 2.03. The van der Waals surface area contributed by atoms with E-state index in [1.54, 1.807) is 20.2 Å². The third kappa shape index (κ3) is 4.50. The van der Waals surface area contributed by atoms with Gasteiger partial charge in [0.25, 0.3) is 0 Å². The van der Waals surface area contributed by atoms with Crippen LogP contribution in [0.2, 0.25) is 0 Å². The van der Waals surface area contributed by atoms with Crippen LogP contribution in [0.1, 0.15) is 5.56 Å². The lowest BCUT2D eigenvalue weighted by Crippen LogP contribution is -2.38. The first-order chi connectivity index (χ1) is 8.50. The Hall–Kier alpha value is -1.95. The lowest BCUT2D eigenvalue weighted by molar-refractivity contribution is 0.217. The number of aromatic hydroxyl groups is 2. The summed E-state index contributed by atoms with van der Waals surface area (Å²) in [5.74, 6) is 0.0920. The van der Waals surface area contributed by atoms with Crippen molar-refractivity contribution < 1.29 is 15.0 Å². The van der Waals surface area contributed by atoms with E-state index in [1.165, 1.54) is 17.0 Å². The van der Waals surface area contributed by atoms with E-state index in [4.69, 9.17) is 5.11 Å². The number of benzene rings is 1. The van der Waals surface area contributed by atoms with Gasteiger partial charge in [0.1, 0.15) is 11.5 Å². The molecule has 1 aromatic rings. The molecule has 0 unspecified atom stereocenters. The summed E-state index contributed by atoms with van der Waals surface area (Å²) in [5.41, 5.74) is 0.701. The molecular formula is C12H19N3O3. The largest absolute Gasteiger partial charge is 0.508 e. The molecule has 6 heteroatoms. The van der Waals surface area contributed by atoms with E-state index in [0.717, 1.165) is 0 Å². The third-order valence-electron chi connectivity index (χ3n) is 2.37. The van der Waals surface area contributed by atoms with Crippen molar-refractivity contribution >= 4 is 6.03 Å². The Morgan fingerprint density at radius 1 is 1.28 bits per heavy atom. The van der Waals surface area contributed by atoms with Gasteiger partial charge in [-0.15, -0.1) is 0 Å². The molecule has 0 bridgehead atoms. The van der Waals surface area contributed by atoms with Crippen molar-refractivity contribution in [1.29, 1.82) is 0 Å². The van der Waals surface area contributed by atoms with Gasteiger partial charge in [-0.05, 0) is 6.07 Å². The van der Waals surface area contributed by atoms with Crippen LogP contribution in [0.25, 0.3) is 0 Å². The highest BCUT2D eigenvalue weighted by molar-refractivity contribution is 5.73. The molecule has 0 saturated heterocycles. The van der Waals surface area contributed by atoms with Crippen molar-refractivity contribution in [3.63, 3.8) is 0 Å². The van der Waals surface area contributed by atoms with Crippen LogP contribution in [0, 0.1) is 0 Å². The summed E-state index contributed by atoms with van der Waals surface area (Å²) in [6.07, 6.45) is 0. The van der Waals surface area contributed by atoms with E-state index in [1.807, 2.05) is 0 Å². The zero-order chi connectivity index (χ0) is 13.5. The van der Waals surface area contributed by atoms with Gasteiger partial charge in [0.05, 0.1) is 0 Å². The van der Waals surface area contributed by atoms with Crippen LogP contribution in [0.4, 0.5) is 4.79 Å². The molecule has 0 spiro atoms. The number of hydrogen-bond donors (Lipinski definition) is 4. The fourth-order valence-electron chi connectivity index (χ4n) is 1.34. The lowest BCUT2D eigenvalue weighted by Gasteiger charge is -2.12. The van der Waals surface area contributed by atoms with Crippen LogP contribution in [0.3, 0.4) is 0 Å². The quantitative estimate of drug-likeness (QED) is 0.574. The minimum absolute atomic E-state index is 0.0366. The number of rotatable bonds is 5. The van der Waals surface area contributed by atoms with Crippen LogP contribution in [-0.2, 0) is 6.54 Å². The van der Waals surface area contributed by atoms with Gasteiger partial charge >= 0.3 is 6.03 Å². The van der Waals surface area contributed by atoms with Gasteiger partial charge < -0.3 is 25.7 Å². The standard InChI is InChI=1S/C12H19N3O3/c1-15(2)12(18)14-6-5-13-8-9-3-4-10(16)7-11(9)17/h3-4,7,13,16-17H,5-6,8H2,1-2H3,(H,14,18). The molecule has 1 rings (SSSR count). The molecule has 6 nitrogen and oxygen atoms in total. The van der Waals surface area contributed by atoms with E-state index in [-0.39, 0.29) is 17.5 Å². The molecule has 0 aromatic heterocycles. The summed E-state index contributed by atoms with van der Waals surface area (Å²) in [6, 6.07) is 4.33. The maximum atomic E-state index is 11.2. The van der Waals surface area contributed by atoms with Crippen molar-refractivity contribution in [2.45, 2.75) is 6.54 Å². The normalized spacial score (nSPS) is 10.1. The van der Waals surface area contributed by atoms with E-state index in [9.17, 15) is 9.90 Å². The smallest absolute Gasteiger partial charge is 0.316 e. The van der Waals surface area contributed by atoms with E-state index < -0.39 is 0 Å². The number of carbonyl (C=O) groups is 1. The number of hydrogen-bond acceptors (Lipinski definition) is 4. The van der Waals surface area contributed by atoms with Gasteiger partial charge in [-0.2, -0.15) is 0 Å². The van der Waals surface area contributed by atoms with E-state index in [0.29, 0.717) is 25.2 Å². The molecule has 18 heavy (non-hydrogen) atoms. The van der Waals surface area contributed by atoms with Gasteiger partial charge in [0.15, 0.2) is 0 Å². The molecule has 0 aliphatic heterocycles. The molecule has 0 atom stereocenters. The minimum atomic E-state index is -0.135. The first kappa shape index (κ1) is 14.1. The Morgan fingerprint density at radius 3 is 2.61 bits per heavy atom. The Balaban J connectivity index is 2.24. The molecule has 2 amide bonds. The maximum absolute atomic E-state index is 11.2. The van der Waals surface area contributed by atoms with Crippen molar-refractivity contribution in [2.24, 2.45) is 0 Å². The first-order valence-electron chi connectivity index (χ1n) is 5.67. The summed E-state index contributed by atoms with van der Waals surface area (Å²) in [6.45, 7) is 1.58. The first-order valence-corrected chi connectivity index (χ1v) is 5.67.